The lowest BCUT2D eigenvalue weighted by Crippen LogP contribution is -2.28. The molecular weight excluding hydrogens is 437 g/mol. The average Bonchev–Trinajstić information content (AvgIpc) is 2.85. The summed E-state index contributed by atoms with van der Waals surface area (Å²) in [5.74, 6) is -0.926. The molecule has 0 radical (unpaired) electrons. The minimum Gasteiger partial charge on any atom is -0.507 e. The molecule has 174 valence electrons. The number of carbonyl (C=O) groups is 1. The molecule has 4 rings (SSSR count). The summed E-state index contributed by atoms with van der Waals surface area (Å²) in [5, 5.41) is 14.2. The summed E-state index contributed by atoms with van der Waals surface area (Å²) in [6.07, 6.45) is 0.453. The number of methoxy groups -OCH3 is 1. The number of benzene rings is 3. The van der Waals surface area contributed by atoms with E-state index in [0.29, 0.717) is 29.7 Å². The van der Waals surface area contributed by atoms with Crippen molar-refractivity contribution in [2.24, 2.45) is 0 Å². The Bertz CT molecular complexity index is 1350. The van der Waals surface area contributed by atoms with Gasteiger partial charge in [0.05, 0.1) is 18.1 Å². The Morgan fingerprint density at radius 1 is 1.06 bits per heavy atom. The number of rotatable bonds is 8. The Morgan fingerprint density at radius 2 is 1.76 bits per heavy atom. The molecule has 4 aromatic rings. The van der Waals surface area contributed by atoms with E-state index in [9.17, 15) is 19.1 Å². The minimum atomic E-state index is -0.738. The summed E-state index contributed by atoms with van der Waals surface area (Å²) in [4.78, 5) is 25.7. The number of para-hydroxylation sites is 1. The molecule has 1 heterocycles. The zero-order valence-electron chi connectivity index (χ0n) is 18.6. The molecule has 0 saturated heterocycles. The molecule has 0 aliphatic heterocycles. The van der Waals surface area contributed by atoms with Gasteiger partial charge in [0.1, 0.15) is 22.9 Å². The summed E-state index contributed by atoms with van der Waals surface area (Å²) in [6, 6.07) is 19.7. The molecule has 34 heavy (non-hydrogen) atoms. The van der Waals surface area contributed by atoms with Gasteiger partial charge in [-0.1, -0.05) is 36.4 Å². The number of amides is 1. The van der Waals surface area contributed by atoms with Gasteiger partial charge in [-0.2, -0.15) is 0 Å². The van der Waals surface area contributed by atoms with Crippen LogP contribution in [0.15, 0.2) is 82.0 Å². The van der Waals surface area contributed by atoms with Crippen LogP contribution >= 0.6 is 0 Å². The second kappa shape index (κ2) is 10.2. The molecule has 0 bridgehead atoms. The average molecular weight is 461 g/mol. The van der Waals surface area contributed by atoms with Crippen LogP contribution in [-0.4, -0.2) is 24.7 Å². The maximum Gasteiger partial charge on any atom is 0.343 e. The van der Waals surface area contributed by atoms with E-state index < -0.39 is 11.5 Å². The van der Waals surface area contributed by atoms with E-state index in [4.69, 9.17) is 9.15 Å². The lowest BCUT2D eigenvalue weighted by atomic mass is 9.88. The molecular formula is C27H24FNO5. The molecule has 1 atom stereocenters. The fourth-order valence-corrected chi connectivity index (χ4v) is 3.93. The standard InChI is InChI=1S/C27H24FNO5/c1-33-20-12-8-18(9-13-20)22(16-24(30)29-15-14-17-6-10-19(28)11-7-17)25-26(31)21-4-2-3-5-23(21)34-27(25)32/h2-13,22,31H,14-16H2,1H3,(H,29,30)/t22-/m0/s1. The Hall–Kier alpha value is -4.13. The van der Waals surface area contributed by atoms with E-state index in [0.717, 1.165) is 5.56 Å². The highest BCUT2D eigenvalue weighted by Crippen LogP contribution is 2.36. The van der Waals surface area contributed by atoms with Crippen LogP contribution in [0.25, 0.3) is 11.0 Å². The van der Waals surface area contributed by atoms with Gasteiger partial charge in [0.25, 0.3) is 0 Å². The summed E-state index contributed by atoms with van der Waals surface area (Å²) in [7, 11) is 1.55. The third-order valence-corrected chi connectivity index (χ3v) is 5.73. The van der Waals surface area contributed by atoms with Gasteiger partial charge in [-0.25, -0.2) is 9.18 Å². The zero-order chi connectivity index (χ0) is 24.1. The number of halogens is 1. The fourth-order valence-electron chi connectivity index (χ4n) is 3.93. The molecule has 1 aromatic heterocycles. The third kappa shape index (κ3) is 5.09. The molecule has 2 N–H and O–H groups in total. The van der Waals surface area contributed by atoms with Gasteiger partial charge < -0.3 is 19.6 Å². The van der Waals surface area contributed by atoms with Crippen LogP contribution in [-0.2, 0) is 11.2 Å². The summed E-state index contributed by atoms with van der Waals surface area (Å²) < 4.78 is 23.7. The highest BCUT2D eigenvalue weighted by atomic mass is 19.1. The van der Waals surface area contributed by atoms with Crippen LogP contribution in [0, 0.1) is 5.82 Å². The first-order valence-corrected chi connectivity index (χ1v) is 10.9. The number of hydrogen-bond acceptors (Lipinski definition) is 5. The number of ether oxygens (including phenoxy) is 1. The van der Waals surface area contributed by atoms with Gasteiger partial charge in [-0.05, 0) is 53.9 Å². The predicted octanol–water partition coefficient (Wildman–Crippen LogP) is 4.53. The molecule has 0 saturated carbocycles. The van der Waals surface area contributed by atoms with E-state index in [1.54, 1.807) is 67.8 Å². The van der Waals surface area contributed by atoms with Crippen molar-refractivity contribution >= 4 is 16.9 Å². The number of hydrogen-bond donors (Lipinski definition) is 2. The predicted molar refractivity (Wildman–Crippen MR) is 127 cm³/mol. The van der Waals surface area contributed by atoms with Crippen molar-refractivity contribution in [3.8, 4) is 11.5 Å². The Kier molecular flexibility index (Phi) is 6.92. The van der Waals surface area contributed by atoms with Crippen molar-refractivity contribution in [2.75, 3.05) is 13.7 Å². The lowest BCUT2D eigenvalue weighted by molar-refractivity contribution is -0.121. The number of aromatic hydroxyl groups is 1. The van der Waals surface area contributed by atoms with Crippen molar-refractivity contribution in [3.63, 3.8) is 0 Å². The van der Waals surface area contributed by atoms with Crippen LogP contribution in [0.4, 0.5) is 4.39 Å². The molecule has 0 fully saturated rings. The van der Waals surface area contributed by atoms with E-state index in [1.807, 2.05) is 0 Å². The van der Waals surface area contributed by atoms with Crippen molar-refractivity contribution < 1.29 is 23.4 Å². The molecule has 7 heteroatoms. The lowest BCUT2D eigenvalue weighted by Gasteiger charge is -2.19. The third-order valence-electron chi connectivity index (χ3n) is 5.73. The van der Waals surface area contributed by atoms with Crippen LogP contribution < -0.4 is 15.7 Å². The van der Waals surface area contributed by atoms with Gasteiger partial charge in [0.15, 0.2) is 0 Å². The number of carbonyl (C=O) groups excluding carboxylic acids is 1. The summed E-state index contributed by atoms with van der Waals surface area (Å²) >= 11 is 0. The summed E-state index contributed by atoms with van der Waals surface area (Å²) in [5.41, 5.74) is 1.15. The zero-order valence-corrected chi connectivity index (χ0v) is 18.6. The maximum absolute atomic E-state index is 13.1. The topological polar surface area (TPSA) is 88.8 Å². The van der Waals surface area contributed by atoms with Gasteiger partial charge in [-0.15, -0.1) is 0 Å². The molecule has 6 nitrogen and oxygen atoms in total. The van der Waals surface area contributed by atoms with E-state index in [1.165, 1.54) is 12.1 Å². The first-order valence-electron chi connectivity index (χ1n) is 10.9. The maximum atomic E-state index is 13.1. The van der Waals surface area contributed by atoms with Crippen molar-refractivity contribution in [3.05, 3.63) is 106 Å². The van der Waals surface area contributed by atoms with Gasteiger partial charge in [0, 0.05) is 18.9 Å². The van der Waals surface area contributed by atoms with Crippen LogP contribution in [0.2, 0.25) is 0 Å². The molecule has 0 aliphatic rings. The number of fused-ring (bicyclic) bond motifs is 1. The van der Waals surface area contributed by atoms with Gasteiger partial charge in [-0.3, -0.25) is 4.79 Å². The highest BCUT2D eigenvalue weighted by Gasteiger charge is 2.27. The molecule has 3 aromatic carbocycles. The first-order chi connectivity index (χ1) is 16.5. The first kappa shape index (κ1) is 23.0. The van der Waals surface area contributed by atoms with Crippen LogP contribution in [0.5, 0.6) is 11.5 Å². The van der Waals surface area contributed by atoms with Gasteiger partial charge in [0.2, 0.25) is 5.91 Å². The second-order valence-corrected chi connectivity index (χ2v) is 7.90. The highest BCUT2D eigenvalue weighted by molar-refractivity contribution is 5.85. The molecule has 0 spiro atoms. The number of nitrogens with one attached hydrogen (secondary N) is 1. The minimum absolute atomic E-state index is 0.0255. The molecule has 1 amide bonds. The van der Waals surface area contributed by atoms with Crippen LogP contribution in [0.1, 0.15) is 29.0 Å². The normalized spacial score (nSPS) is 11.8. The van der Waals surface area contributed by atoms with E-state index in [2.05, 4.69) is 5.32 Å². The van der Waals surface area contributed by atoms with E-state index >= 15 is 0 Å². The van der Waals surface area contributed by atoms with Crippen molar-refractivity contribution in [1.82, 2.24) is 5.32 Å². The SMILES string of the molecule is COc1ccc([C@H](CC(=O)NCCc2ccc(F)cc2)c2c(O)c3ccccc3oc2=O)cc1. The van der Waals surface area contributed by atoms with Crippen molar-refractivity contribution in [1.29, 1.82) is 0 Å². The fraction of sp³-hybridized carbons (Fsp3) is 0.185. The Morgan fingerprint density at radius 3 is 2.47 bits per heavy atom. The van der Waals surface area contributed by atoms with Gasteiger partial charge >= 0.3 is 5.63 Å². The Labute approximate surface area is 195 Å². The second-order valence-electron chi connectivity index (χ2n) is 7.90. The molecule has 0 aliphatic carbocycles. The van der Waals surface area contributed by atoms with Crippen molar-refractivity contribution in [2.45, 2.75) is 18.8 Å². The molecule has 0 unspecified atom stereocenters. The summed E-state index contributed by atoms with van der Waals surface area (Å²) in [6.45, 7) is 0.345. The Balaban J connectivity index is 1.61. The largest absolute Gasteiger partial charge is 0.507 e. The monoisotopic (exact) mass is 461 g/mol. The van der Waals surface area contributed by atoms with E-state index in [-0.39, 0.29) is 35.0 Å². The smallest absolute Gasteiger partial charge is 0.343 e. The quantitative estimate of drug-likeness (QED) is 0.377. The van der Waals surface area contributed by atoms with Crippen LogP contribution in [0.3, 0.4) is 0 Å².